The molecule has 1 atom stereocenters. The second-order valence-electron chi connectivity index (χ2n) is 7.15. The van der Waals surface area contributed by atoms with Gasteiger partial charge in [0.15, 0.2) is 0 Å². The van der Waals surface area contributed by atoms with Gasteiger partial charge in [-0.1, -0.05) is 30.3 Å². The van der Waals surface area contributed by atoms with Crippen molar-refractivity contribution in [2.24, 2.45) is 0 Å². The van der Waals surface area contributed by atoms with Gasteiger partial charge in [-0.15, -0.1) is 0 Å². The number of ether oxygens (including phenoxy) is 1. The van der Waals surface area contributed by atoms with Crippen LogP contribution in [0.5, 0.6) is 0 Å². The van der Waals surface area contributed by atoms with Crippen LogP contribution in [-0.2, 0) is 11.3 Å². The van der Waals surface area contributed by atoms with Crippen molar-refractivity contribution in [2.75, 3.05) is 20.7 Å². The third-order valence-corrected chi connectivity index (χ3v) is 4.90. The largest absolute Gasteiger partial charge is 0.490 e. The summed E-state index contributed by atoms with van der Waals surface area (Å²) < 4.78 is 6.78. The summed E-state index contributed by atoms with van der Waals surface area (Å²) in [7, 11) is 2.12. The Morgan fingerprint density at radius 1 is 1.27 bits per heavy atom. The van der Waals surface area contributed by atoms with Crippen molar-refractivity contribution >= 4 is 29.6 Å². The second kappa shape index (κ2) is 9.21. The van der Waals surface area contributed by atoms with E-state index in [1.807, 2.05) is 49.3 Å². The molecule has 30 heavy (non-hydrogen) atoms. The topological polar surface area (TPSA) is 105 Å². The van der Waals surface area contributed by atoms with Gasteiger partial charge in [-0.05, 0) is 32.6 Å². The number of fused-ring (bicyclic) bond motifs is 1. The Morgan fingerprint density at radius 2 is 1.97 bits per heavy atom. The smallest absolute Gasteiger partial charge is 0.462 e. The average molecular weight is 409 g/mol. The zero-order valence-electron chi connectivity index (χ0n) is 17.1. The maximum Gasteiger partial charge on any atom is 0.490 e. The molecule has 3 aromatic rings. The molecule has 156 valence electrons. The first-order valence-corrected chi connectivity index (χ1v) is 9.61. The Morgan fingerprint density at radius 3 is 2.57 bits per heavy atom. The third-order valence-electron chi connectivity index (χ3n) is 4.90. The summed E-state index contributed by atoms with van der Waals surface area (Å²) in [5.74, 6) is -0.728. The number of hydrogen-bond donors (Lipinski definition) is 2. The minimum atomic E-state index is -1.78. The molecule has 0 bridgehead atoms. The van der Waals surface area contributed by atoms with Gasteiger partial charge in [-0.3, -0.25) is 4.79 Å². The highest BCUT2D eigenvalue weighted by Gasteiger charge is 2.22. The SMILES string of the molecule is CCOC(=O)c1cn(CC(c2ccccc2)N(C)C)c2ncc(B(O)O)cc2c1=O. The first kappa shape index (κ1) is 21.7. The molecule has 0 saturated heterocycles. The molecule has 0 aliphatic carbocycles. The molecule has 0 spiro atoms. The maximum absolute atomic E-state index is 12.9. The molecule has 0 saturated carbocycles. The molecule has 2 heterocycles. The minimum absolute atomic E-state index is 0.0585. The van der Waals surface area contributed by atoms with Crippen molar-refractivity contribution in [3.05, 3.63) is 70.1 Å². The Hall–Kier alpha value is -3.01. The van der Waals surface area contributed by atoms with Crippen LogP contribution >= 0.6 is 0 Å². The molecule has 8 nitrogen and oxygen atoms in total. The number of carbonyl (C=O) groups is 1. The zero-order valence-corrected chi connectivity index (χ0v) is 17.1. The Balaban J connectivity index is 2.20. The highest BCUT2D eigenvalue weighted by molar-refractivity contribution is 6.58. The molecular formula is C21H24BN3O5. The standard InChI is InChI=1S/C21H24BN3O5/c1-4-30-21(27)17-12-25(13-18(24(2)3)14-8-6-5-7-9-14)20-16(19(17)26)10-15(11-23-20)22(28)29/h5-12,18,28-29H,4,13H2,1-3H3. The van der Waals surface area contributed by atoms with Crippen LogP contribution in [0.1, 0.15) is 28.9 Å². The fraction of sp³-hybridized carbons (Fsp3) is 0.286. The number of hydrogen-bond acceptors (Lipinski definition) is 7. The van der Waals surface area contributed by atoms with Gasteiger partial charge in [-0.2, -0.15) is 0 Å². The van der Waals surface area contributed by atoms with Crippen LogP contribution in [0.25, 0.3) is 11.0 Å². The van der Waals surface area contributed by atoms with Crippen molar-refractivity contribution in [1.82, 2.24) is 14.5 Å². The Bertz CT molecular complexity index is 1100. The van der Waals surface area contributed by atoms with Crippen LogP contribution in [0.3, 0.4) is 0 Å². The van der Waals surface area contributed by atoms with E-state index in [4.69, 9.17) is 4.74 Å². The number of benzene rings is 1. The number of carbonyl (C=O) groups excluding carboxylic acids is 1. The van der Waals surface area contributed by atoms with Crippen LogP contribution in [-0.4, -0.2) is 58.3 Å². The second-order valence-corrected chi connectivity index (χ2v) is 7.15. The van der Waals surface area contributed by atoms with Crippen LogP contribution in [0.2, 0.25) is 0 Å². The number of rotatable bonds is 7. The monoisotopic (exact) mass is 409 g/mol. The molecule has 0 aliphatic heterocycles. The third kappa shape index (κ3) is 4.43. The molecule has 0 fully saturated rings. The van der Waals surface area contributed by atoms with Gasteiger partial charge in [0.25, 0.3) is 0 Å². The predicted octanol–water partition coefficient (Wildman–Crippen LogP) is 0.556. The summed E-state index contributed by atoms with van der Waals surface area (Å²) in [6.07, 6.45) is 2.77. The highest BCUT2D eigenvalue weighted by atomic mass is 16.5. The van der Waals surface area contributed by atoms with E-state index in [9.17, 15) is 19.6 Å². The quantitative estimate of drug-likeness (QED) is 0.434. The predicted molar refractivity (Wildman–Crippen MR) is 115 cm³/mol. The maximum atomic E-state index is 12.9. The van der Waals surface area contributed by atoms with Crippen molar-refractivity contribution < 1.29 is 19.6 Å². The summed E-state index contributed by atoms with van der Waals surface area (Å²) in [4.78, 5) is 31.7. The highest BCUT2D eigenvalue weighted by Crippen LogP contribution is 2.22. The molecule has 0 radical (unpaired) electrons. The van der Waals surface area contributed by atoms with E-state index in [1.165, 1.54) is 18.5 Å². The normalized spacial score (nSPS) is 12.2. The fourth-order valence-corrected chi connectivity index (χ4v) is 3.35. The molecule has 1 unspecified atom stereocenters. The van der Waals surface area contributed by atoms with Crippen LogP contribution in [0.15, 0.2) is 53.6 Å². The van der Waals surface area contributed by atoms with E-state index < -0.39 is 18.5 Å². The van der Waals surface area contributed by atoms with Crippen molar-refractivity contribution in [3.63, 3.8) is 0 Å². The number of nitrogens with zero attached hydrogens (tertiary/aromatic N) is 3. The summed E-state index contributed by atoms with van der Waals surface area (Å²) in [5.41, 5.74) is 0.797. The lowest BCUT2D eigenvalue weighted by Crippen LogP contribution is -2.32. The van der Waals surface area contributed by atoms with Crippen molar-refractivity contribution in [3.8, 4) is 0 Å². The Labute approximate surface area is 174 Å². The molecule has 9 heteroatoms. The summed E-state index contributed by atoms with van der Waals surface area (Å²) in [6.45, 7) is 2.21. The summed E-state index contributed by atoms with van der Waals surface area (Å²) in [5, 5.41) is 19.1. The average Bonchev–Trinajstić information content (AvgIpc) is 2.73. The van der Waals surface area contributed by atoms with Gasteiger partial charge in [0.2, 0.25) is 5.43 Å². The lowest BCUT2D eigenvalue weighted by atomic mass is 9.81. The number of likely N-dealkylation sites (N-methyl/N-ethyl adjacent to an activating group) is 1. The molecule has 2 aromatic heterocycles. The van der Waals surface area contributed by atoms with Crippen LogP contribution in [0, 0.1) is 0 Å². The minimum Gasteiger partial charge on any atom is -0.462 e. The number of esters is 1. The molecular weight excluding hydrogens is 385 g/mol. The number of aromatic nitrogens is 2. The molecule has 0 aliphatic rings. The van der Waals surface area contributed by atoms with Crippen molar-refractivity contribution in [1.29, 1.82) is 0 Å². The molecule has 1 aromatic carbocycles. The first-order chi connectivity index (χ1) is 14.3. The van der Waals surface area contributed by atoms with Gasteiger partial charge in [0.05, 0.1) is 18.0 Å². The van der Waals surface area contributed by atoms with E-state index in [-0.39, 0.29) is 29.1 Å². The van der Waals surface area contributed by atoms with Gasteiger partial charge in [0, 0.05) is 24.4 Å². The van der Waals surface area contributed by atoms with Gasteiger partial charge in [-0.25, -0.2) is 9.78 Å². The number of pyridine rings is 2. The summed E-state index contributed by atoms with van der Waals surface area (Å²) >= 11 is 0. The fourth-order valence-electron chi connectivity index (χ4n) is 3.35. The zero-order chi connectivity index (χ0) is 21.8. The van der Waals surface area contributed by atoms with Crippen molar-refractivity contribution in [2.45, 2.75) is 19.5 Å². The van der Waals surface area contributed by atoms with Crippen LogP contribution < -0.4 is 10.9 Å². The summed E-state index contributed by atoms with van der Waals surface area (Å²) in [6, 6.07) is 11.1. The molecule has 0 amide bonds. The van der Waals surface area contributed by atoms with E-state index in [0.29, 0.717) is 12.2 Å². The van der Waals surface area contributed by atoms with E-state index in [2.05, 4.69) is 4.98 Å². The Kier molecular flexibility index (Phi) is 6.66. The van der Waals surface area contributed by atoms with E-state index >= 15 is 0 Å². The van der Waals surface area contributed by atoms with E-state index in [1.54, 1.807) is 11.5 Å². The van der Waals surface area contributed by atoms with Crippen LogP contribution in [0.4, 0.5) is 0 Å². The van der Waals surface area contributed by atoms with E-state index in [0.717, 1.165) is 5.56 Å². The van der Waals surface area contributed by atoms with Gasteiger partial charge in [0.1, 0.15) is 11.2 Å². The molecule has 3 rings (SSSR count). The van der Waals surface area contributed by atoms with Gasteiger partial charge >= 0.3 is 13.1 Å². The lowest BCUT2D eigenvalue weighted by molar-refractivity contribution is 0.0524. The first-order valence-electron chi connectivity index (χ1n) is 9.61. The molecule has 2 N–H and O–H groups in total. The lowest BCUT2D eigenvalue weighted by Gasteiger charge is -2.26. The van der Waals surface area contributed by atoms with Gasteiger partial charge < -0.3 is 24.3 Å².